The van der Waals surface area contributed by atoms with Crippen LogP contribution in [0.3, 0.4) is 0 Å². The molecule has 1 saturated carbocycles. The second-order valence-electron chi connectivity index (χ2n) is 3.68. The second kappa shape index (κ2) is 2.72. The van der Waals surface area contributed by atoms with E-state index < -0.39 is 0 Å². The number of likely N-dealkylation sites (tertiary alicyclic amines) is 1. The maximum Gasteiger partial charge on any atom is 0.102 e. The van der Waals surface area contributed by atoms with Crippen LogP contribution in [-0.2, 0) is 0 Å². The molecule has 1 unspecified atom stereocenters. The van der Waals surface area contributed by atoms with Gasteiger partial charge in [-0.15, -0.1) is 0 Å². The zero-order valence-corrected chi connectivity index (χ0v) is 6.67. The number of hydrogen-bond acceptors (Lipinski definition) is 2. The predicted octanol–water partition coefficient (Wildman–Crippen LogP) is 0.0924. The molecule has 2 rings (SSSR count). The Labute approximate surface area is 66.5 Å². The molecule has 1 aliphatic carbocycles. The van der Waals surface area contributed by atoms with Crippen LogP contribution in [0.25, 0.3) is 0 Å². The van der Waals surface area contributed by atoms with Crippen molar-refractivity contribution in [1.29, 1.82) is 0 Å². The Morgan fingerprint density at radius 2 is 2.00 bits per heavy atom. The topological polar surface area (TPSA) is 29.3 Å². The summed E-state index contributed by atoms with van der Waals surface area (Å²) in [6.07, 6.45) is 0. The molecule has 0 aromatic carbocycles. The third-order valence-corrected chi connectivity index (χ3v) is 3.12. The van der Waals surface area contributed by atoms with E-state index in [1.54, 1.807) is 0 Å². The van der Waals surface area contributed by atoms with Crippen molar-refractivity contribution in [2.45, 2.75) is 0 Å². The van der Waals surface area contributed by atoms with Gasteiger partial charge in [0.1, 0.15) is 6.67 Å². The van der Waals surface area contributed by atoms with Gasteiger partial charge in [-0.2, -0.15) is 0 Å². The maximum atomic E-state index is 11.9. The molecule has 0 bridgehead atoms. The summed E-state index contributed by atoms with van der Waals surface area (Å²) in [5.41, 5.74) is 5.55. The zero-order chi connectivity index (χ0) is 7.84. The molecule has 0 spiro atoms. The van der Waals surface area contributed by atoms with Crippen LogP contribution >= 0.6 is 0 Å². The number of piperidine rings is 1. The van der Waals surface area contributed by atoms with Crippen LogP contribution in [0.1, 0.15) is 0 Å². The number of halogens is 1. The van der Waals surface area contributed by atoms with Crippen molar-refractivity contribution in [2.75, 3.05) is 32.9 Å². The summed E-state index contributed by atoms with van der Waals surface area (Å²) in [6.45, 7) is 3.45. The Morgan fingerprint density at radius 3 is 2.45 bits per heavy atom. The van der Waals surface area contributed by atoms with Crippen LogP contribution < -0.4 is 5.73 Å². The summed E-state index contributed by atoms with van der Waals surface area (Å²) in [6, 6.07) is 0. The van der Waals surface area contributed by atoms with Crippen molar-refractivity contribution < 1.29 is 4.39 Å². The van der Waals surface area contributed by atoms with E-state index in [0.717, 1.165) is 37.4 Å². The number of nitrogens with two attached hydrogens (primary N) is 1. The normalized spacial score (nSPS) is 42.5. The van der Waals surface area contributed by atoms with Crippen LogP contribution in [-0.4, -0.2) is 37.8 Å². The molecule has 1 aliphatic heterocycles. The molecule has 11 heavy (non-hydrogen) atoms. The van der Waals surface area contributed by atoms with E-state index in [0.29, 0.717) is 6.54 Å². The summed E-state index contributed by atoms with van der Waals surface area (Å²) >= 11 is 0. The largest absolute Gasteiger partial charge is 0.330 e. The van der Waals surface area contributed by atoms with Crippen LogP contribution in [0.2, 0.25) is 0 Å². The van der Waals surface area contributed by atoms with Gasteiger partial charge in [-0.25, -0.2) is 4.39 Å². The van der Waals surface area contributed by atoms with Crippen molar-refractivity contribution in [2.24, 2.45) is 23.5 Å². The van der Waals surface area contributed by atoms with E-state index in [4.69, 9.17) is 5.73 Å². The molecule has 3 atom stereocenters. The van der Waals surface area contributed by atoms with Gasteiger partial charge in [0.15, 0.2) is 0 Å². The highest BCUT2D eigenvalue weighted by Gasteiger charge is 2.54. The lowest BCUT2D eigenvalue weighted by Gasteiger charge is -2.16. The molecule has 2 fully saturated rings. The predicted molar refractivity (Wildman–Crippen MR) is 41.9 cm³/mol. The van der Waals surface area contributed by atoms with E-state index in [1.807, 2.05) is 0 Å². The Kier molecular flexibility index (Phi) is 1.85. The molecule has 2 aliphatic rings. The first-order valence-electron chi connectivity index (χ1n) is 4.35. The number of hydrogen-bond donors (Lipinski definition) is 1. The van der Waals surface area contributed by atoms with Gasteiger partial charge in [-0.05, 0) is 24.3 Å². The zero-order valence-electron chi connectivity index (χ0n) is 6.67. The first-order valence-corrected chi connectivity index (χ1v) is 4.35. The molecule has 0 aromatic rings. The second-order valence-corrected chi connectivity index (χ2v) is 3.68. The Morgan fingerprint density at radius 1 is 1.36 bits per heavy atom. The third kappa shape index (κ3) is 1.16. The standard InChI is InChI=1S/C8H15FN2/c9-1-2-11-4-7-6(3-10)8(7)5-11/h6-8H,1-5,10H2/t6?,7-,8+. The molecule has 2 N–H and O–H groups in total. The minimum Gasteiger partial charge on any atom is -0.330 e. The summed E-state index contributed by atoms with van der Waals surface area (Å²) < 4.78 is 11.9. The first-order chi connectivity index (χ1) is 5.36. The molecular formula is C8H15FN2. The van der Waals surface area contributed by atoms with Crippen molar-refractivity contribution >= 4 is 0 Å². The van der Waals surface area contributed by atoms with E-state index in [9.17, 15) is 4.39 Å². The average molecular weight is 158 g/mol. The fourth-order valence-electron chi connectivity index (χ4n) is 2.39. The van der Waals surface area contributed by atoms with Gasteiger partial charge < -0.3 is 10.6 Å². The Balaban J connectivity index is 1.76. The number of nitrogens with zero attached hydrogens (tertiary/aromatic N) is 1. The van der Waals surface area contributed by atoms with Gasteiger partial charge >= 0.3 is 0 Å². The molecule has 0 amide bonds. The van der Waals surface area contributed by atoms with E-state index in [1.165, 1.54) is 0 Å². The molecule has 2 nitrogen and oxygen atoms in total. The number of alkyl halides is 1. The van der Waals surface area contributed by atoms with Crippen molar-refractivity contribution in [3.8, 4) is 0 Å². The van der Waals surface area contributed by atoms with Crippen LogP contribution in [0, 0.1) is 17.8 Å². The number of rotatable bonds is 3. The van der Waals surface area contributed by atoms with E-state index in [2.05, 4.69) is 4.90 Å². The molecule has 64 valence electrons. The molecule has 0 aromatic heterocycles. The third-order valence-electron chi connectivity index (χ3n) is 3.12. The summed E-state index contributed by atoms with van der Waals surface area (Å²) in [4.78, 5) is 2.21. The van der Waals surface area contributed by atoms with Crippen LogP contribution in [0.4, 0.5) is 4.39 Å². The summed E-state index contributed by atoms with van der Waals surface area (Å²) in [5.74, 6) is 2.39. The van der Waals surface area contributed by atoms with Crippen molar-refractivity contribution in [1.82, 2.24) is 4.90 Å². The van der Waals surface area contributed by atoms with Gasteiger partial charge in [-0.1, -0.05) is 0 Å². The highest BCUT2D eigenvalue weighted by molar-refractivity contribution is 5.05. The van der Waals surface area contributed by atoms with Gasteiger partial charge in [0.05, 0.1) is 0 Å². The minimum absolute atomic E-state index is 0.202. The van der Waals surface area contributed by atoms with Crippen LogP contribution in [0.5, 0.6) is 0 Å². The van der Waals surface area contributed by atoms with Gasteiger partial charge in [0, 0.05) is 19.6 Å². The highest BCUT2D eigenvalue weighted by atomic mass is 19.1. The lowest BCUT2D eigenvalue weighted by atomic mass is 10.2. The van der Waals surface area contributed by atoms with Crippen molar-refractivity contribution in [3.63, 3.8) is 0 Å². The Bertz CT molecular complexity index is 139. The fraction of sp³-hybridized carbons (Fsp3) is 1.00. The smallest absolute Gasteiger partial charge is 0.102 e. The molecule has 1 saturated heterocycles. The molecule has 0 radical (unpaired) electrons. The summed E-state index contributed by atoms with van der Waals surface area (Å²) in [5, 5.41) is 0. The van der Waals surface area contributed by atoms with E-state index in [-0.39, 0.29) is 6.67 Å². The highest BCUT2D eigenvalue weighted by Crippen LogP contribution is 2.50. The quantitative estimate of drug-likeness (QED) is 0.631. The fourth-order valence-corrected chi connectivity index (χ4v) is 2.39. The lowest BCUT2D eigenvalue weighted by molar-refractivity contribution is 0.259. The van der Waals surface area contributed by atoms with Crippen molar-refractivity contribution in [3.05, 3.63) is 0 Å². The first kappa shape index (κ1) is 7.50. The lowest BCUT2D eigenvalue weighted by Crippen LogP contribution is -2.28. The summed E-state index contributed by atoms with van der Waals surface area (Å²) in [7, 11) is 0. The van der Waals surface area contributed by atoms with Gasteiger partial charge in [0.25, 0.3) is 0 Å². The van der Waals surface area contributed by atoms with Crippen LogP contribution in [0.15, 0.2) is 0 Å². The monoisotopic (exact) mass is 158 g/mol. The SMILES string of the molecule is NCC1[C@H]2CN(CCF)C[C@@H]12. The van der Waals surface area contributed by atoms with Gasteiger partial charge in [0.2, 0.25) is 0 Å². The molecule has 1 heterocycles. The number of fused-ring (bicyclic) bond motifs is 1. The maximum absolute atomic E-state index is 11.9. The van der Waals surface area contributed by atoms with Gasteiger partial charge in [-0.3, -0.25) is 0 Å². The molecule has 3 heteroatoms. The minimum atomic E-state index is -0.202. The average Bonchev–Trinajstić information content (AvgIpc) is 2.47. The Hall–Kier alpha value is -0.150. The molecular weight excluding hydrogens is 143 g/mol. The van der Waals surface area contributed by atoms with E-state index >= 15 is 0 Å².